The lowest BCUT2D eigenvalue weighted by Crippen LogP contribution is -1.95. The topological polar surface area (TPSA) is 0 Å². The minimum absolute atomic E-state index is 0.971. The first kappa shape index (κ1) is 26.0. The third-order valence-electron chi connectivity index (χ3n) is 6.10. The Morgan fingerprint density at radius 2 is 0.577 bits per heavy atom. The zero-order valence-electron chi connectivity index (χ0n) is 19.1. The Hall–Kier alpha value is 0. The summed E-state index contributed by atoms with van der Waals surface area (Å²) in [7, 11) is 0. The van der Waals surface area contributed by atoms with Crippen molar-refractivity contribution in [3.8, 4) is 0 Å². The molecule has 0 fully saturated rings. The zero-order chi connectivity index (χ0) is 19.1. The van der Waals surface area contributed by atoms with Crippen molar-refractivity contribution in [1.82, 2.24) is 0 Å². The fraction of sp³-hybridized carbons (Fsp3) is 1.00. The molecule has 0 aromatic rings. The van der Waals surface area contributed by atoms with Crippen LogP contribution in [0.3, 0.4) is 0 Å². The van der Waals surface area contributed by atoms with E-state index in [1.165, 1.54) is 141 Å². The summed E-state index contributed by atoms with van der Waals surface area (Å²) in [6.07, 6.45) is 32.3. The molecule has 0 spiro atoms. The van der Waals surface area contributed by atoms with Crippen molar-refractivity contribution in [3.63, 3.8) is 0 Å². The molecule has 0 bridgehead atoms. The molecule has 0 aromatic heterocycles. The first-order valence-electron chi connectivity index (χ1n) is 12.8. The molecule has 158 valence electrons. The highest BCUT2D eigenvalue weighted by Crippen LogP contribution is 2.18. The molecule has 0 unspecified atom stereocenters. The van der Waals surface area contributed by atoms with Gasteiger partial charge in [-0.2, -0.15) is 0 Å². The van der Waals surface area contributed by atoms with Crippen LogP contribution in [0.5, 0.6) is 0 Å². The number of hydrogen-bond donors (Lipinski definition) is 0. The molecule has 0 radical (unpaired) electrons. The maximum absolute atomic E-state index is 2.47. The van der Waals surface area contributed by atoms with Crippen LogP contribution >= 0.6 is 0 Å². The van der Waals surface area contributed by atoms with Crippen LogP contribution in [-0.2, 0) is 0 Å². The standard InChI is InChI=1S/C26H54/c1-4-6-8-10-11-12-13-14-15-16-17-18-19-20-21-23-25-26(3)24-22-9-7-5-2/h26H,4-25H2,1-3H3/t26-/m0/s1. The van der Waals surface area contributed by atoms with Gasteiger partial charge in [-0.25, -0.2) is 0 Å². The highest BCUT2D eigenvalue weighted by atomic mass is 14.1. The summed E-state index contributed by atoms with van der Waals surface area (Å²) in [5.41, 5.74) is 0. The van der Waals surface area contributed by atoms with Gasteiger partial charge in [0.15, 0.2) is 0 Å². The van der Waals surface area contributed by atoms with E-state index in [1.54, 1.807) is 0 Å². The molecule has 0 nitrogen and oxygen atoms in total. The van der Waals surface area contributed by atoms with Crippen LogP contribution in [0.2, 0.25) is 0 Å². The summed E-state index contributed by atoms with van der Waals surface area (Å²) in [6.45, 7) is 7.08. The maximum atomic E-state index is 2.47. The van der Waals surface area contributed by atoms with Gasteiger partial charge in [-0.15, -0.1) is 0 Å². The monoisotopic (exact) mass is 366 g/mol. The molecule has 1 atom stereocenters. The Morgan fingerprint density at radius 3 is 0.885 bits per heavy atom. The minimum Gasteiger partial charge on any atom is -0.0654 e. The molecule has 0 N–H and O–H groups in total. The van der Waals surface area contributed by atoms with E-state index in [-0.39, 0.29) is 0 Å². The van der Waals surface area contributed by atoms with Crippen molar-refractivity contribution in [2.24, 2.45) is 5.92 Å². The number of rotatable bonds is 22. The van der Waals surface area contributed by atoms with Gasteiger partial charge in [-0.05, 0) is 5.92 Å². The second-order valence-electron chi connectivity index (χ2n) is 9.05. The predicted molar refractivity (Wildman–Crippen MR) is 122 cm³/mol. The highest BCUT2D eigenvalue weighted by molar-refractivity contribution is 4.55. The predicted octanol–water partition coefficient (Wildman–Crippen LogP) is 10.2. The van der Waals surface area contributed by atoms with E-state index in [1.807, 2.05) is 0 Å². The average molecular weight is 367 g/mol. The summed E-state index contributed by atoms with van der Waals surface area (Å²) >= 11 is 0. The fourth-order valence-electron chi connectivity index (χ4n) is 4.10. The largest absolute Gasteiger partial charge is 0.0654 e. The summed E-state index contributed by atoms with van der Waals surface area (Å²) in [6, 6.07) is 0. The first-order chi connectivity index (χ1) is 12.8. The smallest absolute Gasteiger partial charge is 0.0443 e. The average Bonchev–Trinajstić information content (AvgIpc) is 2.65. The van der Waals surface area contributed by atoms with E-state index in [0.717, 1.165) is 5.92 Å². The van der Waals surface area contributed by atoms with Crippen LogP contribution < -0.4 is 0 Å². The van der Waals surface area contributed by atoms with Crippen molar-refractivity contribution >= 4 is 0 Å². The minimum atomic E-state index is 0.971. The SMILES string of the molecule is CCCCCCCCCCCCCCCCCC[C@@H](C)CCCCCC. The van der Waals surface area contributed by atoms with E-state index < -0.39 is 0 Å². The molecule has 26 heavy (non-hydrogen) atoms. The van der Waals surface area contributed by atoms with Gasteiger partial charge in [0.25, 0.3) is 0 Å². The van der Waals surface area contributed by atoms with Crippen LogP contribution in [0.25, 0.3) is 0 Å². The molecule has 0 aromatic carbocycles. The lowest BCUT2D eigenvalue weighted by molar-refractivity contribution is 0.433. The Morgan fingerprint density at radius 1 is 0.346 bits per heavy atom. The summed E-state index contributed by atoms with van der Waals surface area (Å²) in [5.74, 6) is 0.971. The van der Waals surface area contributed by atoms with Crippen molar-refractivity contribution in [3.05, 3.63) is 0 Å². The molecule has 0 aliphatic heterocycles. The maximum Gasteiger partial charge on any atom is -0.0443 e. The summed E-state index contributed by atoms with van der Waals surface area (Å²) in [5, 5.41) is 0. The quantitative estimate of drug-likeness (QED) is 0.167. The molecule has 0 rings (SSSR count). The summed E-state index contributed by atoms with van der Waals surface area (Å²) in [4.78, 5) is 0. The number of unbranched alkanes of at least 4 members (excludes halogenated alkanes) is 18. The Kier molecular flexibility index (Phi) is 23.0. The van der Waals surface area contributed by atoms with Gasteiger partial charge in [-0.1, -0.05) is 162 Å². The van der Waals surface area contributed by atoms with Crippen LogP contribution in [0.4, 0.5) is 0 Å². The Bertz CT molecular complexity index is 232. The van der Waals surface area contributed by atoms with E-state index >= 15 is 0 Å². The molecule has 0 saturated carbocycles. The van der Waals surface area contributed by atoms with Gasteiger partial charge in [0.05, 0.1) is 0 Å². The molecule has 0 amide bonds. The third kappa shape index (κ3) is 22.0. The van der Waals surface area contributed by atoms with Crippen molar-refractivity contribution in [2.45, 2.75) is 162 Å². The van der Waals surface area contributed by atoms with Crippen LogP contribution in [0.15, 0.2) is 0 Å². The van der Waals surface area contributed by atoms with E-state index in [0.29, 0.717) is 0 Å². The third-order valence-corrected chi connectivity index (χ3v) is 6.10. The van der Waals surface area contributed by atoms with Crippen LogP contribution in [0.1, 0.15) is 162 Å². The van der Waals surface area contributed by atoms with Gasteiger partial charge in [0, 0.05) is 0 Å². The molecule has 0 aliphatic carbocycles. The van der Waals surface area contributed by atoms with E-state index in [9.17, 15) is 0 Å². The fourth-order valence-corrected chi connectivity index (χ4v) is 4.10. The van der Waals surface area contributed by atoms with Gasteiger partial charge in [-0.3, -0.25) is 0 Å². The lowest BCUT2D eigenvalue weighted by atomic mass is 9.96. The Labute approximate surface area is 168 Å². The second kappa shape index (κ2) is 23.0. The lowest BCUT2D eigenvalue weighted by Gasteiger charge is -2.10. The molecule has 0 heterocycles. The van der Waals surface area contributed by atoms with Crippen LogP contribution in [-0.4, -0.2) is 0 Å². The van der Waals surface area contributed by atoms with Gasteiger partial charge in [0.1, 0.15) is 0 Å². The molecule has 0 heteroatoms. The molecular formula is C26H54. The highest BCUT2D eigenvalue weighted by Gasteiger charge is 2.01. The van der Waals surface area contributed by atoms with Crippen LogP contribution in [0, 0.1) is 5.92 Å². The van der Waals surface area contributed by atoms with Crippen molar-refractivity contribution < 1.29 is 0 Å². The van der Waals surface area contributed by atoms with Gasteiger partial charge < -0.3 is 0 Å². The van der Waals surface area contributed by atoms with Crippen molar-refractivity contribution in [2.75, 3.05) is 0 Å². The van der Waals surface area contributed by atoms with Crippen molar-refractivity contribution in [1.29, 1.82) is 0 Å². The molecule has 0 saturated heterocycles. The first-order valence-corrected chi connectivity index (χ1v) is 12.8. The van der Waals surface area contributed by atoms with E-state index in [4.69, 9.17) is 0 Å². The zero-order valence-corrected chi connectivity index (χ0v) is 19.1. The number of hydrogen-bond acceptors (Lipinski definition) is 0. The normalized spacial score (nSPS) is 12.6. The summed E-state index contributed by atoms with van der Waals surface area (Å²) < 4.78 is 0. The van der Waals surface area contributed by atoms with Gasteiger partial charge >= 0.3 is 0 Å². The Balaban J connectivity index is 3.06. The van der Waals surface area contributed by atoms with E-state index in [2.05, 4.69) is 20.8 Å². The molecular weight excluding hydrogens is 312 g/mol. The second-order valence-corrected chi connectivity index (χ2v) is 9.05. The molecule has 0 aliphatic rings. The van der Waals surface area contributed by atoms with Gasteiger partial charge in [0.2, 0.25) is 0 Å².